The van der Waals surface area contributed by atoms with E-state index in [1.165, 1.54) is 0 Å². The highest BCUT2D eigenvalue weighted by Crippen LogP contribution is 2.23. The average molecular weight is 217 g/mol. The molecule has 2 atom stereocenters. The number of rotatable bonds is 3. The molecule has 0 spiro atoms. The molecule has 1 aromatic carbocycles. The van der Waals surface area contributed by atoms with Gasteiger partial charge in [0.05, 0.1) is 6.07 Å². The van der Waals surface area contributed by atoms with Gasteiger partial charge in [-0.25, -0.2) is 0 Å². The highest BCUT2D eigenvalue weighted by atomic mass is 16.7. The molecule has 0 bridgehead atoms. The van der Waals surface area contributed by atoms with Crippen molar-refractivity contribution < 1.29 is 9.47 Å². The molecule has 16 heavy (non-hydrogen) atoms. The number of nitriles is 1. The fraction of sp³-hybridized carbons (Fsp3) is 0.462. The molecular weight excluding hydrogens is 202 g/mol. The van der Waals surface area contributed by atoms with Crippen molar-refractivity contribution in [2.75, 3.05) is 6.61 Å². The second kappa shape index (κ2) is 5.64. The van der Waals surface area contributed by atoms with Gasteiger partial charge in [-0.15, -0.1) is 0 Å². The fourth-order valence-electron chi connectivity index (χ4n) is 1.78. The summed E-state index contributed by atoms with van der Waals surface area (Å²) in [4.78, 5) is 0. The van der Waals surface area contributed by atoms with Crippen LogP contribution in [0.1, 0.15) is 30.9 Å². The van der Waals surface area contributed by atoms with Crippen LogP contribution in [0.15, 0.2) is 30.3 Å². The van der Waals surface area contributed by atoms with Crippen LogP contribution in [0.4, 0.5) is 0 Å². The van der Waals surface area contributed by atoms with Crippen molar-refractivity contribution >= 4 is 0 Å². The van der Waals surface area contributed by atoms with Crippen LogP contribution in [0, 0.1) is 11.3 Å². The van der Waals surface area contributed by atoms with E-state index < -0.39 is 6.10 Å². The second-order valence-corrected chi connectivity index (χ2v) is 3.85. The van der Waals surface area contributed by atoms with Crippen LogP contribution in [-0.2, 0) is 9.47 Å². The van der Waals surface area contributed by atoms with Gasteiger partial charge in [0.1, 0.15) is 0 Å². The summed E-state index contributed by atoms with van der Waals surface area (Å²) in [5.74, 6) is 0. The third-order valence-corrected chi connectivity index (χ3v) is 2.65. The molecule has 1 aliphatic rings. The molecule has 1 aromatic rings. The first-order chi connectivity index (χ1) is 7.90. The Morgan fingerprint density at radius 3 is 2.75 bits per heavy atom. The van der Waals surface area contributed by atoms with Crippen molar-refractivity contribution in [2.24, 2.45) is 0 Å². The molecule has 84 valence electrons. The fourth-order valence-corrected chi connectivity index (χ4v) is 1.78. The Morgan fingerprint density at radius 2 is 2.12 bits per heavy atom. The molecule has 0 N–H and O–H groups in total. The van der Waals surface area contributed by atoms with Gasteiger partial charge in [0.2, 0.25) is 0 Å². The van der Waals surface area contributed by atoms with Gasteiger partial charge >= 0.3 is 0 Å². The summed E-state index contributed by atoms with van der Waals surface area (Å²) in [6, 6.07) is 11.7. The summed E-state index contributed by atoms with van der Waals surface area (Å²) in [5.41, 5.74) is 0.888. The van der Waals surface area contributed by atoms with Crippen LogP contribution in [0.25, 0.3) is 0 Å². The molecule has 1 heterocycles. The number of ether oxygens (including phenoxy) is 2. The summed E-state index contributed by atoms with van der Waals surface area (Å²) in [6.07, 6.45) is 2.33. The predicted molar refractivity (Wildman–Crippen MR) is 59.5 cm³/mol. The van der Waals surface area contributed by atoms with Crippen LogP contribution in [0.2, 0.25) is 0 Å². The Morgan fingerprint density at radius 1 is 1.31 bits per heavy atom. The normalized spacial score (nSPS) is 22.3. The van der Waals surface area contributed by atoms with Crippen LogP contribution >= 0.6 is 0 Å². The number of nitrogens with zero attached hydrogens (tertiary/aromatic N) is 1. The van der Waals surface area contributed by atoms with Gasteiger partial charge < -0.3 is 9.47 Å². The zero-order valence-electron chi connectivity index (χ0n) is 9.13. The minimum Gasteiger partial charge on any atom is -0.353 e. The minimum atomic E-state index is -0.524. The van der Waals surface area contributed by atoms with Crippen LogP contribution in [-0.4, -0.2) is 12.9 Å². The Hall–Kier alpha value is -1.37. The third-order valence-electron chi connectivity index (χ3n) is 2.65. The first-order valence-electron chi connectivity index (χ1n) is 5.62. The molecule has 0 unspecified atom stereocenters. The van der Waals surface area contributed by atoms with Crippen LogP contribution < -0.4 is 0 Å². The van der Waals surface area contributed by atoms with Gasteiger partial charge in [-0.1, -0.05) is 30.3 Å². The lowest BCUT2D eigenvalue weighted by Crippen LogP contribution is -2.24. The van der Waals surface area contributed by atoms with Gasteiger partial charge in [0.25, 0.3) is 0 Å². The first kappa shape index (κ1) is 11.1. The highest BCUT2D eigenvalue weighted by molar-refractivity contribution is 5.21. The van der Waals surface area contributed by atoms with Gasteiger partial charge in [-0.2, -0.15) is 5.26 Å². The smallest absolute Gasteiger partial charge is 0.172 e. The van der Waals surface area contributed by atoms with Gasteiger partial charge in [-0.05, 0) is 24.8 Å². The van der Waals surface area contributed by atoms with Gasteiger partial charge in [0.15, 0.2) is 12.4 Å². The van der Waals surface area contributed by atoms with Crippen LogP contribution in [0.5, 0.6) is 0 Å². The van der Waals surface area contributed by atoms with Gasteiger partial charge in [-0.3, -0.25) is 0 Å². The zero-order valence-corrected chi connectivity index (χ0v) is 9.13. The van der Waals surface area contributed by atoms with E-state index in [4.69, 9.17) is 14.7 Å². The predicted octanol–water partition coefficient (Wildman–Crippen LogP) is 2.79. The number of hydrogen-bond donors (Lipinski definition) is 0. The molecular formula is C13H15NO2. The Bertz CT molecular complexity index is 352. The monoisotopic (exact) mass is 217 g/mol. The topological polar surface area (TPSA) is 42.2 Å². The molecule has 1 fully saturated rings. The second-order valence-electron chi connectivity index (χ2n) is 3.85. The summed E-state index contributed by atoms with van der Waals surface area (Å²) in [6.45, 7) is 0.734. The standard InChI is InChI=1S/C13H15NO2/c14-10-12(11-6-2-1-3-7-11)16-13-8-4-5-9-15-13/h1-3,6-7,12-13H,4-5,8-9H2/t12-,13+/m1/s1. The van der Waals surface area contributed by atoms with E-state index in [0.717, 1.165) is 31.4 Å². The van der Waals surface area contributed by atoms with E-state index in [0.29, 0.717) is 0 Å². The van der Waals surface area contributed by atoms with E-state index >= 15 is 0 Å². The summed E-state index contributed by atoms with van der Waals surface area (Å²) in [7, 11) is 0. The molecule has 0 aromatic heterocycles. The Kier molecular flexibility index (Phi) is 3.92. The average Bonchev–Trinajstić information content (AvgIpc) is 2.38. The SMILES string of the molecule is N#C[C@@H](O[C@H]1CCCCO1)c1ccccc1. The molecule has 0 saturated carbocycles. The molecule has 0 aliphatic carbocycles. The van der Waals surface area contributed by atoms with E-state index in [-0.39, 0.29) is 6.29 Å². The van der Waals surface area contributed by atoms with Gasteiger partial charge in [0, 0.05) is 6.61 Å². The maximum atomic E-state index is 9.08. The summed E-state index contributed by atoms with van der Waals surface area (Å²) < 4.78 is 11.1. The molecule has 3 heteroatoms. The van der Waals surface area contributed by atoms with E-state index in [1.807, 2.05) is 30.3 Å². The third kappa shape index (κ3) is 2.82. The highest BCUT2D eigenvalue weighted by Gasteiger charge is 2.20. The number of benzene rings is 1. The first-order valence-corrected chi connectivity index (χ1v) is 5.62. The Labute approximate surface area is 95.6 Å². The van der Waals surface area contributed by atoms with E-state index in [1.54, 1.807) is 0 Å². The zero-order chi connectivity index (χ0) is 11.2. The largest absolute Gasteiger partial charge is 0.353 e. The summed E-state index contributed by atoms with van der Waals surface area (Å²) in [5, 5.41) is 9.08. The van der Waals surface area contributed by atoms with Crippen molar-refractivity contribution in [2.45, 2.75) is 31.7 Å². The lowest BCUT2D eigenvalue weighted by molar-refractivity contribution is -0.178. The lowest BCUT2D eigenvalue weighted by Gasteiger charge is -2.24. The minimum absolute atomic E-state index is 0.224. The molecule has 1 saturated heterocycles. The lowest BCUT2D eigenvalue weighted by atomic mass is 10.1. The molecule has 1 aliphatic heterocycles. The Balaban J connectivity index is 1.98. The van der Waals surface area contributed by atoms with E-state index in [2.05, 4.69) is 6.07 Å². The van der Waals surface area contributed by atoms with Crippen molar-refractivity contribution in [3.63, 3.8) is 0 Å². The summed E-state index contributed by atoms with van der Waals surface area (Å²) >= 11 is 0. The molecule has 0 amide bonds. The van der Waals surface area contributed by atoms with Crippen LogP contribution in [0.3, 0.4) is 0 Å². The van der Waals surface area contributed by atoms with Crippen molar-refractivity contribution in [3.05, 3.63) is 35.9 Å². The molecule has 0 radical (unpaired) electrons. The molecule has 3 nitrogen and oxygen atoms in total. The number of hydrogen-bond acceptors (Lipinski definition) is 3. The van der Waals surface area contributed by atoms with E-state index in [9.17, 15) is 0 Å². The van der Waals surface area contributed by atoms with Crippen molar-refractivity contribution in [1.29, 1.82) is 5.26 Å². The quantitative estimate of drug-likeness (QED) is 0.781. The maximum Gasteiger partial charge on any atom is 0.172 e. The van der Waals surface area contributed by atoms with Crippen molar-refractivity contribution in [3.8, 4) is 6.07 Å². The maximum absolute atomic E-state index is 9.08. The van der Waals surface area contributed by atoms with Crippen molar-refractivity contribution in [1.82, 2.24) is 0 Å². The molecule has 2 rings (SSSR count).